The maximum Gasteiger partial charge on any atom is 0.335 e. The number of rotatable bonds is 2. The molecule has 4 nitrogen and oxygen atoms in total. The number of carboxylic acids is 1. The van der Waals surface area contributed by atoms with Gasteiger partial charge in [0.2, 0.25) is 0 Å². The van der Waals surface area contributed by atoms with E-state index < -0.39 is 5.97 Å². The lowest BCUT2D eigenvalue weighted by atomic mass is 9.84. The molecule has 19 heavy (non-hydrogen) atoms. The van der Waals surface area contributed by atoms with Crippen LogP contribution < -0.4 is 4.74 Å². The Hall–Kier alpha value is -2.62. The van der Waals surface area contributed by atoms with Crippen LogP contribution in [0.3, 0.4) is 0 Å². The van der Waals surface area contributed by atoms with Gasteiger partial charge in [0.05, 0.1) is 5.57 Å². The molecule has 0 aliphatic carbocycles. The van der Waals surface area contributed by atoms with Gasteiger partial charge in [-0.1, -0.05) is 24.3 Å². The zero-order chi connectivity index (χ0) is 13.2. The molecule has 0 saturated carbocycles. The molecule has 4 heteroatoms. The molecular formula is C15H11NO3. The number of aliphatic carboxylic acids is 1. The first kappa shape index (κ1) is 11.5. The fraction of sp³-hybridized carbons (Fsp3) is 0.0667. The second kappa shape index (κ2) is 4.57. The van der Waals surface area contributed by atoms with Crippen molar-refractivity contribution >= 4 is 5.97 Å². The first-order valence-electron chi connectivity index (χ1n) is 5.86. The van der Waals surface area contributed by atoms with Crippen molar-refractivity contribution in [3.63, 3.8) is 0 Å². The standard InChI is InChI=1S/C15H11NO3/c17-15(18)12-9-19-13-6-2-1-5-11(13)14(12)10-4-3-7-16-8-10/h1-9,14H,(H,17,18). The van der Waals surface area contributed by atoms with Crippen molar-refractivity contribution in [1.82, 2.24) is 4.98 Å². The van der Waals surface area contributed by atoms with Crippen LogP contribution in [-0.4, -0.2) is 16.1 Å². The second-order valence-corrected chi connectivity index (χ2v) is 4.25. The minimum Gasteiger partial charge on any atom is -0.478 e. The Morgan fingerprint density at radius 2 is 2.05 bits per heavy atom. The molecule has 1 atom stereocenters. The summed E-state index contributed by atoms with van der Waals surface area (Å²) in [5.74, 6) is -0.652. The fourth-order valence-electron chi connectivity index (χ4n) is 2.27. The van der Waals surface area contributed by atoms with E-state index in [1.165, 1.54) is 6.26 Å². The number of para-hydroxylation sites is 1. The van der Waals surface area contributed by atoms with E-state index in [9.17, 15) is 9.90 Å². The molecule has 0 bridgehead atoms. The van der Waals surface area contributed by atoms with Crippen LogP contribution in [-0.2, 0) is 4.79 Å². The van der Waals surface area contributed by atoms with Gasteiger partial charge in [-0.25, -0.2) is 4.79 Å². The van der Waals surface area contributed by atoms with Crippen molar-refractivity contribution in [3.05, 3.63) is 71.8 Å². The minimum absolute atomic E-state index is 0.215. The van der Waals surface area contributed by atoms with Gasteiger partial charge in [-0.05, 0) is 17.7 Å². The summed E-state index contributed by atoms with van der Waals surface area (Å²) in [6, 6.07) is 11.1. The third kappa shape index (κ3) is 1.97. The van der Waals surface area contributed by atoms with E-state index in [1.807, 2.05) is 30.3 Å². The third-order valence-electron chi connectivity index (χ3n) is 3.12. The molecule has 1 unspecified atom stereocenters. The highest BCUT2D eigenvalue weighted by Crippen LogP contribution is 2.40. The van der Waals surface area contributed by atoms with E-state index in [0.29, 0.717) is 5.75 Å². The lowest BCUT2D eigenvalue weighted by Gasteiger charge is -2.24. The van der Waals surface area contributed by atoms with Gasteiger partial charge in [-0.3, -0.25) is 4.98 Å². The summed E-state index contributed by atoms with van der Waals surface area (Å²) in [5.41, 5.74) is 1.90. The summed E-state index contributed by atoms with van der Waals surface area (Å²) in [6.07, 6.45) is 4.66. The number of ether oxygens (including phenoxy) is 1. The molecule has 0 saturated heterocycles. The monoisotopic (exact) mass is 253 g/mol. The molecule has 1 aliphatic rings. The summed E-state index contributed by atoms with van der Waals surface area (Å²) < 4.78 is 5.39. The van der Waals surface area contributed by atoms with Crippen molar-refractivity contribution in [3.8, 4) is 5.75 Å². The van der Waals surface area contributed by atoms with E-state index in [2.05, 4.69) is 4.98 Å². The molecule has 2 heterocycles. The van der Waals surface area contributed by atoms with E-state index in [-0.39, 0.29) is 11.5 Å². The fourth-order valence-corrected chi connectivity index (χ4v) is 2.27. The van der Waals surface area contributed by atoms with Crippen LogP contribution in [0.4, 0.5) is 0 Å². The quantitative estimate of drug-likeness (QED) is 0.893. The molecule has 2 aromatic rings. The number of hydrogen-bond donors (Lipinski definition) is 1. The predicted molar refractivity (Wildman–Crippen MR) is 68.9 cm³/mol. The first-order valence-corrected chi connectivity index (χ1v) is 5.86. The van der Waals surface area contributed by atoms with Crippen LogP contribution in [0.1, 0.15) is 17.0 Å². The Kier molecular flexibility index (Phi) is 2.76. The largest absolute Gasteiger partial charge is 0.478 e. The van der Waals surface area contributed by atoms with Crippen LogP contribution >= 0.6 is 0 Å². The summed E-state index contributed by atoms with van der Waals surface area (Å²) in [5, 5.41) is 9.33. The Morgan fingerprint density at radius 3 is 2.79 bits per heavy atom. The Bertz CT molecular complexity index is 649. The van der Waals surface area contributed by atoms with E-state index in [1.54, 1.807) is 18.5 Å². The highest BCUT2D eigenvalue weighted by Gasteiger charge is 2.30. The molecule has 1 aromatic heterocycles. The summed E-state index contributed by atoms with van der Waals surface area (Å²) >= 11 is 0. The molecule has 3 rings (SSSR count). The van der Waals surface area contributed by atoms with Gasteiger partial charge < -0.3 is 9.84 Å². The number of carbonyl (C=O) groups is 1. The van der Waals surface area contributed by atoms with Crippen LogP contribution in [0.25, 0.3) is 0 Å². The highest BCUT2D eigenvalue weighted by atomic mass is 16.5. The summed E-state index contributed by atoms with van der Waals surface area (Å²) in [4.78, 5) is 15.4. The molecule has 1 N–H and O–H groups in total. The van der Waals surface area contributed by atoms with E-state index >= 15 is 0 Å². The second-order valence-electron chi connectivity index (χ2n) is 4.25. The topological polar surface area (TPSA) is 59.4 Å². The first-order chi connectivity index (χ1) is 9.27. The Morgan fingerprint density at radius 1 is 1.21 bits per heavy atom. The molecule has 0 radical (unpaired) electrons. The van der Waals surface area contributed by atoms with Crippen LogP contribution in [0, 0.1) is 0 Å². The summed E-state index contributed by atoms with van der Waals surface area (Å²) in [7, 11) is 0. The predicted octanol–water partition coefficient (Wildman–Crippen LogP) is 2.57. The Labute approximate surface area is 110 Å². The van der Waals surface area contributed by atoms with Crippen LogP contribution in [0.15, 0.2) is 60.6 Å². The van der Waals surface area contributed by atoms with Gasteiger partial charge in [0.15, 0.2) is 0 Å². The average Bonchev–Trinajstić information content (AvgIpc) is 2.46. The zero-order valence-electron chi connectivity index (χ0n) is 9.98. The van der Waals surface area contributed by atoms with Gasteiger partial charge in [-0.2, -0.15) is 0 Å². The molecular weight excluding hydrogens is 242 g/mol. The number of benzene rings is 1. The lowest BCUT2D eigenvalue weighted by Crippen LogP contribution is -2.18. The van der Waals surface area contributed by atoms with Crippen molar-refractivity contribution in [2.75, 3.05) is 0 Å². The molecule has 0 spiro atoms. The zero-order valence-corrected chi connectivity index (χ0v) is 9.98. The number of hydrogen-bond acceptors (Lipinski definition) is 3. The molecule has 0 fully saturated rings. The van der Waals surface area contributed by atoms with E-state index in [0.717, 1.165) is 11.1 Å². The van der Waals surface area contributed by atoms with Gasteiger partial charge in [-0.15, -0.1) is 0 Å². The van der Waals surface area contributed by atoms with Crippen molar-refractivity contribution in [2.24, 2.45) is 0 Å². The number of carboxylic acid groups (broad SMARTS) is 1. The van der Waals surface area contributed by atoms with E-state index in [4.69, 9.17) is 4.74 Å². The molecule has 1 aromatic carbocycles. The Balaban J connectivity index is 2.17. The lowest BCUT2D eigenvalue weighted by molar-refractivity contribution is -0.133. The van der Waals surface area contributed by atoms with Gasteiger partial charge >= 0.3 is 5.97 Å². The van der Waals surface area contributed by atoms with Crippen LogP contribution in [0.5, 0.6) is 5.75 Å². The highest BCUT2D eigenvalue weighted by molar-refractivity contribution is 5.90. The SMILES string of the molecule is O=C(O)C1=COc2ccccc2C1c1cccnc1. The molecule has 94 valence electrons. The van der Waals surface area contributed by atoms with Gasteiger partial charge in [0.25, 0.3) is 0 Å². The van der Waals surface area contributed by atoms with Crippen molar-refractivity contribution in [1.29, 1.82) is 0 Å². The normalized spacial score (nSPS) is 17.1. The number of aromatic nitrogens is 1. The number of nitrogens with zero attached hydrogens (tertiary/aromatic N) is 1. The van der Waals surface area contributed by atoms with Crippen molar-refractivity contribution in [2.45, 2.75) is 5.92 Å². The minimum atomic E-state index is -0.983. The van der Waals surface area contributed by atoms with Crippen LogP contribution in [0.2, 0.25) is 0 Å². The van der Waals surface area contributed by atoms with Gasteiger partial charge in [0, 0.05) is 23.9 Å². The molecule has 1 aliphatic heterocycles. The number of pyridine rings is 1. The number of fused-ring (bicyclic) bond motifs is 1. The van der Waals surface area contributed by atoms with Gasteiger partial charge in [0.1, 0.15) is 12.0 Å². The van der Waals surface area contributed by atoms with Crippen molar-refractivity contribution < 1.29 is 14.6 Å². The smallest absolute Gasteiger partial charge is 0.335 e. The molecule has 0 amide bonds. The maximum absolute atomic E-state index is 11.4. The third-order valence-corrected chi connectivity index (χ3v) is 3.12. The maximum atomic E-state index is 11.4. The summed E-state index contributed by atoms with van der Waals surface area (Å²) in [6.45, 7) is 0. The average molecular weight is 253 g/mol.